The number of carbonyl (C=O) groups is 3. The molecule has 0 unspecified atom stereocenters. The Morgan fingerprint density at radius 3 is 1.05 bits per heavy atom. The van der Waals surface area contributed by atoms with Crippen LogP contribution in [-0.4, -0.2) is 178 Å². The molecule has 33 heteroatoms. The SMILES string of the molecule is [C-]#[N+]c1c(Nc2ccc(N3CCN(C)CC3)cn2)ncnc1Oc1ccc2c(cc(C)n2C(C)=O)c1F.[C-]#[N+]c1c(Nc2ccc(N3CCN(CC)CC3)cn2)ncnc1Oc1ccc2c(cc(C)n2C(C)=O)c1F.[C-]#[N+]c1c(Nc2ccc(N3CCNCC3)cn2)ncnc1Oc1ccc2c(cc(C)n2C(C)=O)c1F. The maximum Gasteiger partial charge on any atom is 0.288 e. The highest BCUT2D eigenvalue weighted by Crippen LogP contribution is 2.43. The van der Waals surface area contributed by atoms with E-state index in [0.717, 1.165) is 102 Å². The van der Waals surface area contributed by atoms with Crippen LogP contribution in [0.5, 0.6) is 34.9 Å². The number of halogens is 3. The predicted octanol–water partition coefficient (Wildman–Crippen LogP) is 14.4. The molecule has 3 aromatic carbocycles. The highest BCUT2D eigenvalue weighted by molar-refractivity contribution is 5.96. The molecule has 0 bridgehead atoms. The van der Waals surface area contributed by atoms with Crippen molar-refractivity contribution in [3.05, 3.63) is 197 Å². The van der Waals surface area contributed by atoms with Crippen LogP contribution in [0, 0.1) is 57.9 Å². The second-order valence-corrected chi connectivity index (χ2v) is 26.2. The van der Waals surface area contributed by atoms with Gasteiger partial charge in [0, 0.05) is 133 Å². The van der Waals surface area contributed by atoms with E-state index in [0.29, 0.717) is 51.1 Å². The number of anilines is 9. The molecular formula is C78H75F3N24O6. The number of carbonyl (C=O) groups excluding carboxylic acids is 3. The monoisotopic (exact) mass is 1500 g/mol. The number of fused-ring (bicyclic) bond motifs is 3. The van der Waals surface area contributed by atoms with E-state index in [4.69, 9.17) is 33.9 Å². The molecule has 0 aliphatic carbocycles. The van der Waals surface area contributed by atoms with Crippen LogP contribution in [0.2, 0.25) is 0 Å². The molecule has 12 heterocycles. The van der Waals surface area contributed by atoms with E-state index in [9.17, 15) is 14.4 Å². The molecule has 0 atom stereocenters. The van der Waals surface area contributed by atoms with E-state index < -0.39 is 17.5 Å². The van der Waals surface area contributed by atoms with Crippen molar-refractivity contribution in [2.45, 2.75) is 48.5 Å². The van der Waals surface area contributed by atoms with E-state index in [1.54, 1.807) is 75.8 Å². The van der Waals surface area contributed by atoms with Gasteiger partial charge in [0.15, 0.2) is 34.7 Å². The molecule has 4 N–H and O–H groups in total. The lowest BCUT2D eigenvalue weighted by molar-refractivity contribution is 0.0931. The molecular weight excluding hydrogens is 1430 g/mol. The average Bonchev–Trinajstić information content (AvgIpc) is 1.58. The number of hydrogen-bond donors (Lipinski definition) is 4. The van der Waals surface area contributed by atoms with Crippen LogP contribution in [0.4, 0.5) is 82.2 Å². The van der Waals surface area contributed by atoms with Gasteiger partial charge in [0.05, 0.1) is 71.9 Å². The maximum atomic E-state index is 15.3. The molecule has 3 aliphatic rings. The van der Waals surface area contributed by atoms with Crippen molar-refractivity contribution < 1.29 is 41.8 Å². The summed E-state index contributed by atoms with van der Waals surface area (Å²) in [6.45, 7) is 47.1. The maximum absolute atomic E-state index is 15.3. The molecule has 9 aromatic heterocycles. The van der Waals surface area contributed by atoms with Crippen molar-refractivity contribution in [3.63, 3.8) is 0 Å². The standard InChI is InChI=1S/C27H27FN8O2.C26H25FN8O2.C25H23FN8O2/c1-5-34-10-12-35(13-11-34)19-6-9-23(30-15-19)33-26-25(29-4)27(32-16-31-26)38-22-8-7-21-20(24(22)28)14-17(2)36(21)18(3)37;1-16-13-19-20(35(16)17(2)36)6-7-21(23(19)27)37-26-24(28-3)25(30-15-31-26)32-22-8-5-18(14-29-22)34-11-9-33(4)10-12-34;1-15-12-18-19(34(15)16(2)35)5-6-20(22(18)26)36-25-23(27-3)24(30-14-31-25)32-21-7-4-17(13-29-21)33-10-8-28-9-11-33/h6-9,14-16H,5,10-13H2,1-3H3,(H,30,31,32,33);5-8,13-15H,9-12H2,1-2,4H3,(H,29,30,31,32);4-7,12-14,28H,8-11H2,1-2H3,(H,29,30,31,32). The summed E-state index contributed by atoms with van der Waals surface area (Å²) in [6, 6.07) is 25.2. The molecule has 0 radical (unpaired) electrons. The van der Waals surface area contributed by atoms with Crippen molar-refractivity contribution in [2.75, 3.05) is 123 Å². The molecule has 0 amide bonds. The van der Waals surface area contributed by atoms with Crippen molar-refractivity contribution in [1.82, 2.24) is 73.7 Å². The van der Waals surface area contributed by atoms with Crippen LogP contribution in [-0.2, 0) is 0 Å². The van der Waals surface area contributed by atoms with Crippen molar-refractivity contribution >= 4 is 119 Å². The quantitative estimate of drug-likeness (QED) is 0.0654. The van der Waals surface area contributed by atoms with Gasteiger partial charge < -0.3 is 60.0 Å². The Balaban J connectivity index is 0.000000146. The van der Waals surface area contributed by atoms with Gasteiger partial charge in [-0.15, -0.1) is 0 Å². The zero-order valence-electron chi connectivity index (χ0n) is 61.8. The molecule has 12 aromatic rings. The van der Waals surface area contributed by atoms with Crippen molar-refractivity contribution in [2.24, 2.45) is 0 Å². The number of benzene rings is 3. The lowest BCUT2D eigenvalue weighted by Gasteiger charge is -2.35. The molecule has 15 rings (SSSR count). The van der Waals surface area contributed by atoms with Crippen LogP contribution in [0.15, 0.2) is 129 Å². The largest absolute Gasteiger partial charge is 0.446 e. The van der Waals surface area contributed by atoms with Gasteiger partial charge in [-0.05, 0) is 125 Å². The van der Waals surface area contributed by atoms with Crippen LogP contribution in [0.1, 0.15) is 59.2 Å². The van der Waals surface area contributed by atoms with Crippen LogP contribution in [0.3, 0.4) is 0 Å². The molecule has 3 saturated heterocycles. The van der Waals surface area contributed by atoms with Crippen LogP contribution < -0.4 is 50.2 Å². The van der Waals surface area contributed by atoms with E-state index in [-0.39, 0.29) is 103 Å². The summed E-state index contributed by atoms with van der Waals surface area (Å²) < 4.78 is 67.4. The fourth-order valence-corrected chi connectivity index (χ4v) is 13.4. The van der Waals surface area contributed by atoms with Crippen LogP contribution >= 0.6 is 0 Å². The van der Waals surface area contributed by atoms with E-state index in [1.165, 1.54) is 71.7 Å². The summed E-state index contributed by atoms with van der Waals surface area (Å²) in [4.78, 5) is 96.0. The van der Waals surface area contributed by atoms with Gasteiger partial charge in [-0.2, -0.15) is 0 Å². The lowest BCUT2D eigenvalue weighted by atomic mass is 10.2. The van der Waals surface area contributed by atoms with Gasteiger partial charge >= 0.3 is 0 Å². The first kappa shape index (κ1) is 75.6. The molecule has 3 aliphatic heterocycles. The number of hydrogen-bond acceptors (Lipinski definition) is 24. The second kappa shape index (κ2) is 33.2. The summed E-state index contributed by atoms with van der Waals surface area (Å²) in [5.41, 5.74) is 6.19. The van der Waals surface area contributed by atoms with Gasteiger partial charge in [-0.1, -0.05) is 6.92 Å². The Hall–Kier alpha value is -13.7. The number of nitrogens with one attached hydrogen (secondary N) is 4. The number of aryl methyl sites for hydroxylation is 3. The fraction of sp³-hybridized carbons (Fsp3) is 0.269. The highest BCUT2D eigenvalue weighted by Gasteiger charge is 2.26. The molecule has 3 fully saturated rings. The molecule has 111 heavy (non-hydrogen) atoms. The molecule has 30 nitrogen and oxygen atoms in total. The Bertz CT molecular complexity index is 5640. The number of likely N-dealkylation sites (N-methyl/N-ethyl adjacent to an activating group) is 2. The third-order valence-corrected chi connectivity index (χ3v) is 19.0. The summed E-state index contributed by atoms with van der Waals surface area (Å²) in [5.74, 6) is -1.13. The minimum atomic E-state index is -0.648. The van der Waals surface area contributed by atoms with Gasteiger partial charge in [-0.3, -0.25) is 28.1 Å². The fourth-order valence-electron chi connectivity index (χ4n) is 13.4. The molecule has 0 saturated carbocycles. The van der Waals surface area contributed by atoms with E-state index in [2.05, 4.69) is 119 Å². The summed E-state index contributed by atoms with van der Waals surface area (Å²) >= 11 is 0. The highest BCUT2D eigenvalue weighted by atomic mass is 19.1. The number of rotatable bonds is 16. The minimum absolute atomic E-state index is 0.00829. The topological polar surface area (TPSA) is 287 Å². The van der Waals surface area contributed by atoms with Gasteiger partial charge in [-0.25, -0.2) is 72.6 Å². The molecule has 564 valence electrons. The number of nitrogens with zero attached hydrogens (tertiary/aromatic N) is 20. The Morgan fingerprint density at radius 2 is 0.757 bits per heavy atom. The lowest BCUT2D eigenvalue weighted by Crippen LogP contribution is -2.46. The Morgan fingerprint density at radius 1 is 0.441 bits per heavy atom. The van der Waals surface area contributed by atoms with Crippen molar-refractivity contribution in [3.8, 4) is 34.9 Å². The predicted molar refractivity (Wildman–Crippen MR) is 416 cm³/mol. The van der Waals surface area contributed by atoms with Gasteiger partial charge in [0.2, 0.25) is 35.4 Å². The Labute approximate surface area is 635 Å². The zero-order chi connectivity index (χ0) is 78.1. The zero-order valence-corrected chi connectivity index (χ0v) is 61.8. The van der Waals surface area contributed by atoms with E-state index in [1.807, 2.05) is 36.4 Å². The summed E-state index contributed by atoms with van der Waals surface area (Å²) in [6.07, 6.45) is 9.04. The van der Waals surface area contributed by atoms with Crippen molar-refractivity contribution in [1.29, 1.82) is 0 Å². The first-order chi connectivity index (χ1) is 53.7. The first-order valence-electron chi connectivity index (χ1n) is 35.4. The summed E-state index contributed by atoms with van der Waals surface area (Å²) in [5, 5.41) is 13.2. The van der Waals surface area contributed by atoms with Gasteiger partial charge in [0.25, 0.3) is 17.1 Å². The third-order valence-electron chi connectivity index (χ3n) is 19.0. The minimum Gasteiger partial charge on any atom is -0.446 e. The van der Waals surface area contributed by atoms with E-state index >= 15 is 13.2 Å². The normalized spacial score (nSPS) is 13.8. The van der Waals surface area contributed by atoms with Crippen LogP contribution in [0.25, 0.3) is 47.2 Å². The average molecular weight is 1500 g/mol. The number of pyridine rings is 3. The number of piperazine rings is 3. The Kier molecular flexibility index (Phi) is 22.6. The number of ether oxygens (including phenoxy) is 3. The molecule has 0 spiro atoms. The third kappa shape index (κ3) is 16.3. The number of aromatic nitrogens is 12. The smallest absolute Gasteiger partial charge is 0.288 e. The first-order valence-corrected chi connectivity index (χ1v) is 35.4. The second-order valence-electron chi connectivity index (χ2n) is 26.2. The summed E-state index contributed by atoms with van der Waals surface area (Å²) in [7, 11) is 2.11. The van der Waals surface area contributed by atoms with Gasteiger partial charge in [0.1, 0.15) is 53.9 Å².